The molecule has 3 aromatic heterocycles. The number of rotatable bonds is 16. The predicted octanol–water partition coefficient (Wildman–Crippen LogP) is 8.27. The van der Waals surface area contributed by atoms with Crippen molar-refractivity contribution in [3.63, 3.8) is 0 Å². The number of benzene rings is 2. The van der Waals surface area contributed by atoms with Crippen molar-refractivity contribution in [1.82, 2.24) is 44.6 Å². The average Bonchev–Trinajstić information content (AvgIpc) is 3.88. The third-order valence-electron chi connectivity index (χ3n) is 11.6. The Morgan fingerprint density at radius 1 is 0.806 bits per heavy atom. The minimum absolute atomic E-state index is 0.161. The first-order chi connectivity index (χ1) is 29.8. The van der Waals surface area contributed by atoms with Crippen molar-refractivity contribution in [3.05, 3.63) is 72.2 Å². The van der Waals surface area contributed by atoms with Gasteiger partial charge in [0.25, 0.3) is 0 Å². The number of carbonyl (C=O) groups excluding carboxylic acids is 2. The highest BCUT2D eigenvalue weighted by Crippen LogP contribution is 2.28. The van der Waals surface area contributed by atoms with E-state index in [9.17, 15) is 9.59 Å². The molecule has 5 aromatic rings. The molecule has 7 rings (SSSR count). The molecule has 0 spiro atoms. The van der Waals surface area contributed by atoms with Crippen molar-refractivity contribution >= 4 is 45.8 Å². The van der Waals surface area contributed by atoms with E-state index in [1.807, 2.05) is 75.5 Å². The number of carbonyl (C=O) groups is 2. The number of anilines is 2. The quantitative estimate of drug-likeness (QED) is 0.0988. The Morgan fingerprint density at radius 2 is 1.50 bits per heavy atom. The summed E-state index contributed by atoms with van der Waals surface area (Å²) in [5.74, 6) is 1.50. The van der Waals surface area contributed by atoms with Gasteiger partial charge < -0.3 is 34.5 Å². The van der Waals surface area contributed by atoms with Gasteiger partial charge in [-0.1, -0.05) is 54.8 Å². The van der Waals surface area contributed by atoms with Crippen LogP contribution in [0.2, 0.25) is 0 Å². The van der Waals surface area contributed by atoms with Crippen LogP contribution in [0.1, 0.15) is 97.7 Å². The van der Waals surface area contributed by atoms with Crippen LogP contribution in [0.15, 0.2) is 60.9 Å². The lowest BCUT2D eigenvalue weighted by molar-refractivity contribution is 0.00994. The van der Waals surface area contributed by atoms with Crippen LogP contribution in [-0.2, 0) is 29.0 Å². The summed E-state index contributed by atoms with van der Waals surface area (Å²) in [6, 6.07) is 16.9. The number of aromatic amines is 1. The van der Waals surface area contributed by atoms with Gasteiger partial charge in [-0.2, -0.15) is 4.98 Å². The number of aromatic nitrogens is 6. The second kappa shape index (κ2) is 20.2. The van der Waals surface area contributed by atoms with Crippen LogP contribution in [0, 0.1) is 0 Å². The van der Waals surface area contributed by atoms with Crippen LogP contribution in [0.4, 0.5) is 21.4 Å². The van der Waals surface area contributed by atoms with Gasteiger partial charge >= 0.3 is 12.2 Å². The molecule has 15 heteroatoms. The molecule has 2 aromatic carbocycles. The molecule has 1 aliphatic carbocycles. The number of piperazine rings is 1. The second-order valence-corrected chi connectivity index (χ2v) is 18.8. The molecule has 334 valence electrons. The van der Waals surface area contributed by atoms with E-state index in [0.29, 0.717) is 51.5 Å². The summed E-state index contributed by atoms with van der Waals surface area (Å²) in [6.07, 6.45) is 11.1. The van der Waals surface area contributed by atoms with Gasteiger partial charge in [0, 0.05) is 87.4 Å². The topological polar surface area (TPSA) is 150 Å². The Balaban J connectivity index is 0.915. The van der Waals surface area contributed by atoms with E-state index in [2.05, 4.69) is 66.9 Å². The summed E-state index contributed by atoms with van der Waals surface area (Å²) in [6.45, 7) is 18.5. The van der Waals surface area contributed by atoms with Gasteiger partial charge in [-0.25, -0.2) is 14.6 Å². The van der Waals surface area contributed by atoms with Crippen molar-refractivity contribution in [1.29, 1.82) is 0 Å². The number of fused-ring (bicyclic) bond motifs is 2. The summed E-state index contributed by atoms with van der Waals surface area (Å²) in [5.41, 5.74) is 3.02. The molecular formula is C47H67N11O4. The Bertz CT molecular complexity index is 2230. The van der Waals surface area contributed by atoms with Gasteiger partial charge in [-0.3, -0.25) is 9.58 Å². The zero-order valence-electron chi connectivity index (χ0n) is 37.7. The lowest BCUT2D eigenvalue weighted by Gasteiger charge is -2.36. The van der Waals surface area contributed by atoms with Crippen molar-refractivity contribution in [3.8, 4) is 0 Å². The van der Waals surface area contributed by atoms with Crippen LogP contribution in [0.25, 0.3) is 21.8 Å². The molecule has 2 N–H and O–H groups in total. The van der Waals surface area contributed by atoms with E-state index < -0.39 is 11.2 Å². The number of aryl methyl sites for hydroxylation is 1. The van der Waals surface area contributed by atoms with E-state index >= 15 is 0 Å². The third kappa shape index (κ3) is 12.4. The Labute approximate surface area is 366 Å². The fourth-order valence-corrected chi connectivity index (χ4v) is 8.49. The SMILES string of the molecule is CC(C)(C)OC(=O)N(CCCN(C(=O)OC(C)(C)C)C1CCCCC1)CCCn1cc(CNc2nc(N3CCN(CCc4c[nH]c5ccccc45)CC3)c3ccccc3n2)nn1. The molecule has 1 saturated heterocycles. The molecule has 62 heavy (non-hydrogen) atoms. The normalized spacial score (nSPS) is 15.5. The third-order valence-corrected chi connectivity index (χ3v) is 11.6. The van der Waals surface area contributed by atoms with E-state index in [0.717, 1.165) is 87.2 Å². The molecule has 2 fully saturated rings. The molecular weight excluding hydrogens is 783 g/mol. The molecule has 1 saturated carbocycles. The molecule has 0 atom stereocenters. The van der Waals surface area contributed by atoms with E-state index in [-0.39, 0.29) is 18.2 Å². The summed E-state index contributed by atoms with van der Waals surface area (Å²) < 4.78 is 13.4. The van der Waals surface area contributed by atoms with Crippen LogP contribution < -0.4 is 10.2 Å². The van der Waals surface area contributed by atoms with Crippen LogP contribution >= 0.6 is 0 Å². The smallest absolute Gasteiger partial charge is 0.410 e. The summed E-state index contributed by atoms with van der Waals surface area (Å²) in [7, 11) is 0. The average molecular weight is 850 g/mol. The van der Waals surface area contributed by atoms with Crippen molar-refractivity contribution in [2.45, 2.75) is 123 Å². The number of hydrogen-bond donors (Lipinski definition) is 2. The van der Waals surface area contributed by atoms with Gasteiger partial charge in [0.15, 0.2) is 0 Å². The van der Waals surface area contributed by atoms with Gasteiger partial charge in [0.1, 0.15) is 22.7 Å². The number of para-hydroxylation sites is 2. The fourth-order valence-electron chi connectivity index (χ4n) is 8.49. The zero-order valence-corrected chi connectivity index (χ0v) is 37.7. The largest absolute Gasteiger partial charge is 0.444 e. The zero-order chi connectivity index (χ0) is 43.7. The highest BCUT2D eigenvalue weighted by Gasteiger charge is 2.30. The molecule has 0 radical (unpaired) electrons. The maximum absolute atomic E-state index is 13.4. The summed E-state index contributed by atoms with van der Waals surface area (Å²) in [4.78, 5) is 48.5. The molecule has 15 nitrogen and oxygen atoms in total. The van der Waals surface area contributed by atoms with Gasteiger partial charge in [-0.15, -0.1) is 5.10 Å². The molecule has 2 aliphatic rings. The first-order valence-corrected chi connectivity index (χ1v) is 22.7. The highest BCUT2D eigenvalue weighted by molar-refractivity contribution is 5.90. The Kier molecular flexibility index (Phi) is 14.5. The minimum Gasteiger partial charge on any atom is -0.444 e. The second-order valence-electron chi connectivity index (χ2n) is 18.8. The number of hydrogen-bond acceptors (Lipinski definition) is 11. The van der Waals surface area contributed by atoms with Crippen LogP contribution in [0.3, 0.4) is 0 Å². The first-order valence-electron chi connectivity index (χ1n) is 22.7. The lowest BCUT2D eigenvalue weighted by atomic mass is 9.94. The number of H-pyrrole nitrogens is 1. The number of nitrogens with zero attached hydrogens (tertiary/aromatic N) is 9. The number of ether oxygens (including phenoxy) is 2. The maximum atomic E-state index is 13.4. The molecule has 0 unspecified atom stereocenters. The molecule has 1 aliphatic heterocycles. The minimum atomic E-state index is -0.627. The fraction of sp³-hybridized carbons (Fsp3) is 0.574. The standard InChI is InChI=1S/C47H67N11O4/c1-46(2,3)61-44(59)56(24-15-26-58(37-16-8-7-9-17-37)45(60)62-47(4,5)6)23-14-25-57-34-36(52-53-57)33-49-43-50-41-21-13-11-19-39(41)42(51-43)55-30-28-54(29-31-55)27-22-35-32-48-40-20-12-10-18-38(35)40/h10-13,18-21,32,34,37,48H,7-9,14-17,22-31,33H2,1-6H3,(H,49,50,51). The van der Waals surface area contributed by atoms with E-state index in [1.54, 1.807) is 4.90 Å². The molecule has 4 heterocycles. The van der Waals surface area contributed by atoms with Gasteiger partial charge in [-0.05, 0) is 97.4 Å². The highest BCUT2D eigenvalue weighted by atomic mass is 16.6. The maximum Gasteiger partial charge on any atom is 0.410 e. The molecule has 2 amide bonds. The first kappa shape index (κ1) is 44.6. The Hall–Kier alpha value is -5.44. The van der Waals surface area contributed by atoms with Crippen LogP contribution in [0.5, 0.6) is 0 Å². The monoisotopic (exact) mass is 850 g/mol. The van der Waals surface area contributed by atoms with Crippen LogP contribution in [-0.4, -0.2) is 126 Å². The van der Waals surface area contributed by atoms with Gasteiger partial charge in [0.05, 0.1) is 18.3 Å². The molecule has 0 bridgehead atoms. The van der Waals surface area contributed by atoms with Crippen molar-refractivity contribution in [2.75, 3.05) is 62.6 Å². The van der Waals surface area contributed by atoms with E-state index in [4.69, 9.17) is 19.4 Å². The number of amides is 2. The van der Waals surface area contributed by atoms with E-state index in [1.165, 1.54) is 22.9 Å². The Morgan fingerprint density at radius 3 is 2.26 bits per heavy atom. The van der Waals surface area contributed by atoms with Crippen molar-refractivity contribution < 1.29 is 19.1 Å². The lowest BCUT2D eigenvalue weighted by Crippen LogP contribution is -2.47. The summed E-state index contributed by atoms with van der Waals surface area (Å²) >= 11 is 0. The van der Waals surface area contributed by atoms with Gasteiger partial charge in [0.2, 0.25) is 5.95 Å². The predicted molar refractivity (Wildman–Crippen MR) is 244 cm³/mol. The summed E-state index contributed by atoms with van der Waals surface area (Å²) in [5, 5.41) is 14.6. The van der Waals surface area contributed by atoms with Crippen molar-refractivity contribution in [2.24, 2.45) is 0 Å². The number of nitrogens with one attached hydrogen (secondary N) is 2.